The van der Waals surface area contributed by atoms with Gasteiger partial charge in [-0.25, -0.2) is 0 Å². The molecule has 0 saturated carbocycles. The molecule has 3 rings (SSSR count). The molecule has 1 aliphatic heterocycles. The molecule has 0 amide bonds. The van der Waals surface area contributed by atoms with E-state index in [1.54, 1.807) is 0 Å². The molecule has 1 fully saturated rings. The van der Waals surface area contributed by atoms with Crippen LogP contribution in [-0.2, 0) is 0 Å². The first kappa shape index (κ1) is 13.3. The predicted molar refractivity (Wildman–Crippen MR) is 84.5 cm³/mol. The van der Waals surface area contributed by atoms with Crippen molar-refractivity contribution < 1.29 is 0 Å². The predicted octanol–water partition coefficient (Wildman–Crippen LogP) is 3.23. The summed E-state index contributed by atoms with van der Waals surface area (Å²) in [6.07, 6.45) is 6.82. The van der Waals surface area contributed by atoms with Crippen molar-refractivity contribution >= 4 is 5.69 Å². The third-order valence-corrected chi connectivity index (χ3v) is 4.07. The second-order valence-corrected chi connectivity index (χ2v) is 5.79. The third-order valence-electron chi connectivity index (χ3n) is 4.07. The van der Waals surface area contributed by atoms with Crippen molar-refractivity contribution in [3.8, 4) is 5.69 Å². The summed E-state index contributed by atoms with van der Waals surface area (Å²) in [4.78, 5) is 2.44. The molecule has 106 valence electrons. The molecular formula is C17H23N3. The van der Waals surface area contributed by atoms with Gasteiger partial charge in [0.25, 0.3) is 0 Å². The Morgan fingerprint density at radius 2 is 2.05 bits per heavy atom. The number of rotatable bonds is 4. The highest BCUT2D eigenvalue weighted by Gasteiger charge is 2.16. The molecule has 3 heteroatoms. The van der Waals surface area contributed by atoms with E-state index in [4.69, 9.17) is 0 Å². The number of anilines is 1. The van der Waals surface area contributed by atoms with Gasteiger partial charge in [0.15, 0.2) is 0 Å². The Kier molecular flexibility index (Phi) is 4.07. The van der Waals surface area contributed by atoms with Crippen LogP contribution < -0.4 is 5.32 Å². The minimum atomic E-state index is 0.768. The molecule has 1 aliphatic rings. The Labute approximate surface area is 121 Å². The largest absolute Gasteiger partial charge is 0.385 e. The van der Waals surface area contributed by atoms with Crippen LogP contribution in [0.15, 0.2) is 48.8 Å². The van der Waals surface area contributed by atoms with Gasteiger partial charge >= 0.3 is 0 Å². The number of likely N-dealkylation sites (tertiary alicyclic amines) is 1. The molecule has 0 bridgehead atoms. The van der Waals surface area contributed by atoms with Crippen LogP contribution in [0, 0.1) is 5.92 Å². The molecule has 20 heavy (non-hydrogen) atoms. The fourth-order valence-electron chi connectivity index (χ4n) is 2.99. The van der Waals surface area contributed by atoms with Crippen LogP contribution in [-0.4, -0.2) is 36.1 Å². The van der Waals surface area contributed by atoms with Crippen molar-refractivity contribution in [3.63, 3.8) is 0 Å². The fraction of sp³-hybridized carbons (Fsp3) is 0.412. The van der Waals surface area contributed by atoms with Gasteiger partial charge in [-0.2, -0.15) is 0 Å². The Morgan fingerprint density at radius 1 is 1.20 bits per heavy atom. The molecule has 1 saturated heterocycles. The highest BCUT2D eigenvalue weighted by atomic mass is 15.1. The van der Waals surface area contributed by atoms with Gasteiger partial charge in [0.05, 0.1) is 0 Å². The molecule has 1 aromatic carbocycles. The van der Waals surface area contributed by atoms with Gasteiger partial charge in [0.1, 0.15) is 0 Å². The van der Waals surface area contributed by atoms with Gasteiger partial charge in [-0.1, -0.05) is 6.07 Å². The zero-order valence-corrected chi connectivity index (χ0v) is 12.1. The number of aromatic nitrogens is 1. The van der Waals surface area contributed by atoms with Gasteiger partial charge in [0, 0.05) is 36.9 Å². The van der Waals surface area contributed by atoms with E-state index in [-0.39, 0.29) is 0 Å². The summed E-state index contributed by atoms with van der Waals surface area (Å²) in [5.41, 5.74) is 2.42. The highest BCUT2D eigenvalue weighted by molar-refractivity contribution is 5.51. The Bertz CT molecular complexity index is 533. The number of hydrogen-bond donors (Lipinski definition) is 1. The second-order valence-electron chi connectivity index (χ2n) is 5.79. The lowest BCUT2D eigenvalue weighted by Gasteiger charge is -2.30. The SMILES string of the molecule is CN1CCCC(CNc2cccc(-n3cccc3)c2)C1. The second kappa shape index (κ2) is 6.14. The lowest BCUT2D eigenvalue weighted by molar-refractivity contribution is 0.217. The lowest BCUT2D eigenvalue weighted by Crippen LogP contribution is -2.35. The first-order valence-electron chi connectivity index (χ1n) is 7.47. The average molecular weight is 269 g/mol. The van der Waals surface area contributed by atoms with Crippen molar-refractivity contribution in [3.05, 3.63) is 48.8 Å². The summed E-state index contributed by atoms with van der Waals surface area (Å²) >= 11 is 0. The van der Waals surface area contributed by atoms with Crippen LogP contribution in [0.3, 0.4) is 0 Å². The Balaban J connectivity index is 1.61. The van der Waals surface area contributed by atoms with Gasteiger partial charge in [-0.3, -0.25) is 0 Å². The minimum Gasteiger partial charge on any atom is -0.385 e. The maximum atomic E-state index is 3.60. The quantitative estimate of drug-likeness (QED) is 0.919. The van der Waals surface area contributed by atoms with Gasteiger partial charge in [0.2, 0.25) is 0 Å². The van der Waals surface area contributed by atoms with E-state index in [1.165, 1.54) is 37.3 Å². The van der Waals surface area contributed by atoms with E-state index in [9.17, 15) is 0 Å². The highest BCUT2D eigenvalue weighted by Crippen LogP contribution is 2.18. The van der Waals surface area contributed by atoms with Crippen molar-refractivity contribution in [1.29, 1.82) is 0 Å². The summed E-state index contributed by atoms with van der Waals surface area (Å²) in [6, 6.07) is 12.7. The van der Waals surface area contributed by atoms with Crippen molar-refractivity contribution in [2.24, 2.45) is 5.92 Å². The number of nitrogens with one attached hydrogen (secondary N) is 1. The summed E-state index contributed by atoms with van der Waals surface area (Å²) in [6.45, 7) is 3.53. The Hall–Kier alpha value is -1.74. The molecule has 1 aromatic heterocycles. The first-order chi connectivity index (χ1) is 9.81. The van der Waals surface area contributed by atoms with Gasteiger partial charge in [-0.05, 0) is 62.7 Å². The van der Waals surface area contributed by atoms with E-state index in [0.29, 0.717) is 0 Å². The van der Waals surface area contributed by atoms with Crippen LogP contribution >= 0.6 is 0 Å². The van der Waals surface area contributed by atoms with E-state index in [0.717, 1.165) is 12.5 Å². The van der Waals surface area contributed by atoms with Gasteiger partial charge in [-0.15, -0.1) is 0 Å². The van der Waals surface area contributed by atoms with E-state index < -0.39 is 0 Å². The summed E-state index contributed by atoms with van der Waals surface area (Å²) in [5.74, 6) is 0.768. The van der Waals surface area contributed by atoms with Crippen LogP contribution in [0.25, 0.3) is 5.69 Å². The third kappa shape index (κ3) is 3.23. The smallest absolute Gasteiger partial charge is 0.0469 e. The molecule has 1 atom stereocenters. The lowest BCUT2D eigenvalue weighted by atomic mass is 9.98. The number of benzene rings is 1. The van der Waals surface area contributed by atoms with E-state index in [2.05, 4.69) is 70.6 Å². The molecule has 0 radical (unpaired) electrons. The average Bonchev–Trinajstić information content (AvgIpc) is 3.00. The molecule has 2 aromatic rings. The first-order valence-corrected chi connectivity index (χ1v) is 7.47. The zero-order valence-electron chi connectivity index (χ0n) is 12.1. The Morgan fingerprint density at radius 3 is 2.85 bits per heavy atom. The molecule has 0 aliphatic carbocycles. The van der Waals surface area contributed by atoms with Crippen molar-refractivity contribution in [2.75, 3.05) is 32.0 Å². The van der Waals surface area contributed by atoms with Crippen molar-refractivity contribution in [2.45, 2.75) is 12.8 Å². The molecule has 3 nitrogen and oxygen atoms in total. The topological polar surface area (TPSA) is 20.2 Å². The van der Waals surface area contributed by atoms with Crippen LogP contribution in [0.5, 0.6) is 0 Å². The summed E-state index contributed by atoms with van der Waals surface area (Å²) in [5, 5.41) is 3.60. The summed E-state index contributed by atoms with van der Waals surface area (Å²) in [7, 11) is 2.22. The molecule has 1 N–H and O–H groups in total. The minimum absolute atomic E-state index is 0.768. The van der Waals surface area contributed by atoms with E-state index >= 15 is 0 Å². The number of hydrogen-bond acceptors (Lipinski definition) is 2. The number of nitrogens with zero attached hydrogens (tertiary/aromatic N) is 2. The monoisotopic (exact) mass is 269 g/mol. The van der Waals surface area contributed by atoms with Crippen LogP contribution in [0.1, 0.15) is 12.8 Å². The summed E-state index contributed by atoms with van der Waals surface area (Å²) < 4.78 is 2.14. The molecule has 2 heterocycles. The number of piperidine rings is 1. The van der Waals surface area contributed by atoms with E-state index in [1.807, 2.05) is 0 Å². The van der Waals surface area contributed by atoms with Gasteiger partial charge < -0.3 is 14.8 Å². The van der Waals surface area contributed by atoms with Crippen molar-refractivity contribution in [1.82, 2.24) is 9.47 Å². The van der Waals surface area contributed by atoms with Crippen LogP contribution in [0.2, 0.25) is 0 Å². The molecule has 0 spiro atoms. The normalized spacial score (nSPS) is 19.9. The maximum absolute atomic E-state index is 3.60. The zero-order chi connectivity index (χ0) is 13.8. The fourth-order valence-corrected chi connectivity index (χ4v) is 2.99. The van der Waals surface area contributed by atoms with Crippen LogP contribution in [0.4, 0.5) is 5.69 Å². The maximum Gasteiger partial charge on any atom is 0.0469 e. The molecule has 1 unspecified atom stereocenters. The molecular weight excluding hydrogens is 246 g/mol. The standard InChI is InChI=1S/C17H23N3/c1-19-9-5-6-15(14-19)13-18-16-7-4-8-17(12-16)20-10-2-3-11-20/h2-4,7-8,10-12,15,18H,5-6,9,13-14H2,1H3.